The van der Waals surface area contributed by atoms with Crippen molar-refractivity contribution in [3.8, 4) is 0 Å². The van der Waals surface area contributed by atoms with Gasteiger partial charge in [0, 0.05) is 18.2 Å². The molecule has 0 heterocycles. The Bertz CT molecular complexity index is 561. The molecule has 2 unspecified atom stereocenters. The molecule has 2 N–H and O–H groups in total. The van der Waals surface area contributed by atoms with E-state index in [4.69, 9.17) is 0 Å². The molecule has 1 aromatic carbocycles. The quantitative estimate of drug-likeness (QED) is 0.775. The summed E-state index contributed by atoms with van der Waals surface area (Å²) < 4.78 is 41.0. The van der Waals surface area contributed by atoms with E-state index < -0.39 is 15.8 Å². The van der Waals surface area contributed by atoms with Crippen LogP contribution in [0.15, 0.2) is 23.1 Å². The summed E-state index contributed by atoms with van der Waals surface area (Å²) in [6, 6.07) is 3.73. The number of hydrogen-bond donors (Lipinski definition) is 2. The standard InChI is InChI=1S/C15H25FN2O2S/c1-5-11(3)12(4)18-21(19,20)14-7-8-15(16)13(9-14)10-17-6-2/h7-9,11-12,17-18H,5-6,10H2,1-4H3. The molecule has 4 nitrogen and oxygen atoms in total. The van der Waals surface area contributed by atoms with Crippen molar-refractivity contribution in [3.63, 3.8) is 0 Å². The molecule has 0 spiro atoms. The first-order chi connectivity index (χ1) is 9.81. The molecule has 1 aromatic rings. The van der Waals surface area contributed by atoms with Crippen molar-refractivity contribution in [2.45, 2.75) is 51.6 Å². The molecule has 0 radical (unpaired) electrons. The number of nitrogens with one attached hydrogen (secondary N) is 2. The molecular formula is C15H25FN2O2S. The van der Waals surface area contributed by atoms with Gasteiger partial charge in [-0.2, -0.15) is 0 Å². The molecule has 0 saturated carbocycles. The van der Waals surface area contributed by atoms with Crippen LogP contribution in [-0.4, -0.2) is 21.0 Å². The van der Waals surface area contributed by atoms with Gasteiger partial charge in [0.1, 0.15) is 5.82 Å². The molecule has 0 saturated heterocycles. The summed E-state index contributed by atoms with van der Waals surface area (Å²) in [7, 11) is -3.62. The number of benzene rings is 1. The van der Waals surface area contributed by atoms with Gasteiger partial charge >= 0.3 is 0 Å². The molecule has 0 aromatic heterocycles. The number of sulfonamides is 1. The summed E-state index contributed by atoms with van der Waals surface area (Å²) in [4.78, 5) is 0.104. The highest BCUT2D eigenvalue weighted by Crippen LogP contribution is 2.17. The van der Waals surface area contributed by atoms with Crippen LogP contribution in [0.4, 0.5) is 4.39 Å². The lowest BCUT2D eigenvalue weighted by Gasteiger charge is -2.20. The van der Waals surface area contributed by atoms with E-state index in [0.29, 0.717) is 18.7 Å². The fourth-order valence-electron chi connectivity index (χ4n) is 1.90. The highest BCUT2D eigenvalue weighted by atomic mass is 32.2. The molecule has 2 atom stereocenters. The summed E-state index contributed by atoms with van der Waals surface area (Å²) in [6.07, 6.45) is 0.888. The number of rotatable bonds is 8. The number of halogens is 1. The highest BCUT2D eigenvalue weighted by Gasteiger charge is 2.21. The van der Waals surface area contributed by atoms with Crippen LogP contribution in [0.5, 0.6) is 0 Å². The molecule has 0 aliphatic heterocycles. The second kappa shape index (κ2) is 7.87. The largest absolute Gasteiger partial charge is 0.313 e. The van der Waals surface area contributed by atoms with Crippen LogP contribution >= 0.6 is 0 Å². The average molecular weight is 316 g/mol. The van der Waals surface area contributed by atoms with E-state index in [0.717, 1.165) is 6.42 Å². The highest BCUT2D eigenvalue weighted by molar-refractivity contribution is 7.89. The van der Waals surface area contributed by atoms with Crippen LogP contribution < -0.4 is 10.0 Å². The fraction of sp³-hybridized carbons (Fsp3) is 0.600. The van der Waals surface area contributed by atoms with Gasteiger partial charge in [0.2, 0.25) is 10.0 Å². The number of hydrogen-bond acceptors (Lipinski definition) is 3. The third-order valence-electron chi connectivity index (χ3n) is 3.73. The second-order valence-corrected chi connectivity index (χ2v) is 7.04. The maximum absolute atomic E-state index is 13.7. The predicted molar refractivity (Wildman–Crippen MR) is 83.0 cm³/mol. The third-order valence-corrected chi connectivity index (χ3v) is 5.29. The first kappa shape index (κ1) is 18.1. The van der Waals surface area contributed by atoms with Crippen molar-refractivity contribution in [1.82, 2.24) is 10.0 Å². The molecule has 0 bridgehead atoms. The van der Waals surface area contributed by atoms with Gasteiger partial charge in [0.25, 0.3) is 0 Å². The van der Waals surface area contributed by atoms with Crippen molar-refractivity contribution in [3.05, 3.63) is 29.6 Å². The molecule has 21 heavy (non-hydrogen) atoms. The summed E-state index contributed by atoms with van der Waals surface area (Å²) >= 11 is 0. The minimum atomic E-state index is -3.62. The lowest BCUT2D eigenvalue weighted by atomic mass is 10.0. The Hall–Kier alpha value is -0.980. The molecule has 0 fully saturated rings. The van der Waals surface area contributed by atoms with Crippen LogP contribution in [0.3, 0.4) is 0 Å². The SMILES string of the molecule is CCNCc1cc(S(=O)(=O)NC(C)C(C)CC)ccc1F. The average Bonchev–Trinajstić information content (AvgIpc) is 2.44. The van der Waals surface area contributed by atoms with E-state index in [1.807, 2.05) is 27.7 Å². The van der Waals surface area contributed by atoms with Crippen molar-refractivity contribution >= 4 is 10.0 Å². The Morgan fingerprint density at radius 1 is 1.24 bits per heavy atom. The minimum Gasteiger partial charge on any atom is -0.313 e. The Labute approximate surface area is 127 Å². The zero-order valence-electron chi connectivity index (χ0n) is 13.1. The lowest BCUT2D eigenvalue weighted by Crippen LogP contribution is -2.36. The predicted octanol–water partition coefficient (Wildman–Crippen LogP) is 2.65. The Kier molecular flexibility index (Phi) is 6.77. The van der Waals surface area contributed by atoms with Crippen LogP contribution in [0.2, 0.25) is 0 Å². The Balaban J connectivity index is 2.98. The summed E-state index contributed by atoms with van der Waals surface area (Å²) in [5, 5.41) is 3.00. The molecule has 0 amide bonds. The van der Waals surface area contributed by atoms with Crippen molar-refractivity contribution in [2.75, 3.05) is 6.54 Å². The van der Waals surface area contributed by atoms with Gasteiger partial charge in [-0.15, -0.1) is 0 Å². The van der Waals surface area contributed by atoms with Gasteiger partial charge in [-0.3, -0.25) is 0 Å². The van der Waals surface area contributed by atoms with Gasteiger partial charge in [0.05, 0.1) is 4.90 Å². The summed E-state index contributed by atoms with van der Waals surface area (Å²) in [5.74, 6) is -0.161. The first-order valence-electron chi connectivity index (χ1n) is 7.33. The normalized spacial score (nSPS) is 14.9. The Morgan fingerprint density at radius 2 is 1.90 bits per heavy atom. The second-order valence-electron chi connectivity index (χ2n) is 5.33. The van der Waals surface area contributed by atoms with Gasteiger partial charge < -0.3 is 5.32 Å². The van der Waals surface area contributed by atoms with Crippen LogP contribution in [0, 0.1) is 11.7 Å². The molecular weight excluding hydrogens is 291 g/mol. The monoisotopic (exact) mass is 316 g/mol. The van der Waals surface area contributed by atoms with Crippen LogP contribution in [0.25, 0.3) is 0 Å². The van der Waals surface area contributed by atoms with Crippen molar-refractivity contribution in [1.29, 1.82) is 0 Å². The first-order valence-corrected chi connectivity index (χ1v) is 8.81. The van der Waals surface area contributed by atoms with Crippen LogP contribution in [-0.2, 0) is 16.6 Å². The van der Waals surface area contributed by atoms with Crippen molar-refractivity contribution in [2.24, 2.45) is 5.92 Å². The maximum Gasteiger partial charge on any atom is 0.240 e. The molecule has 1 rings (SSSR count). The van der Waals surface area contributed by atoms with Gasteiger partial charge in [-0.25, -0.2) is 17.5 Å². The Morgan fingerprint density at radius 3 is 2.48 bits per heavy atom. The zero-order valence-corrected chi connectivity index (χ0v) is 13.9. The zero-order chi connectivity index (χ0) is 16.0. The third kappa shape index (κ3) is 5.05. The fourth-order valence-corrected chi connectivity index (χ4v) is 3.30. The topological polar surface area (TPSA) is 58.2 Å². The molecule has 0 aliphatic carbocycles. The maximum atomic E-state index is 13.7. The van der Waals surface area contributed by atoms with E-state index in [1.165, 1.54) is 18.2 Å². The van der Waals surface area contributed by atoms with Gasteiger partial charge in [0.15, 0.2) is 0 Å². The lowest BCUT2D eigenvalue weighted by molar-refractivity contribution is 0.434. The molecule has 6 heteroatoms. The molecule has 120 valence electrons. The summed E-state index contributed by atoms with van der Waals surface area (Å²) in [5.41, 5.74) is 0.357. The molecule has 0 aliphatic rings. The summed E-state index contributed by atoms with van der Waals surface area (Å²) in [6.45, 7) is 8.77. The van der Waals surface area contributed by atoms with Gasteiger partial charge in [-0.1, -0.05) is 27.2 Å². The van der Waals surface area contributed by atoms with Gasteiger partial charge in [-0.05, 0) is 37.6 Å². The minimum absolute atomic E-state index is 0.104. The van der Waals surface area contributed by atoms with Crippen molar-refractivity contribution < 1.29 is 12.8 Å². The van der Waals surface area contributed by atoms with E-state index in [2.05, 4.69) is 10.0 Å². The van der Waals surface area contributed by atoms with E-state index in [9.17, 15) is 12.8 Å². The smallest absolute Gasteiger partial charge is 0.240 e. The van der Waals surface area contributed by atoms with E-state index >= 15 is 0 Å². The van der Waals surface area contributed by atoms with E-state index in [1.54, 1.807) is 0 Å². The van der Waals surface area contributed by atoms with E-state index in [-0.39, 0.29) is 16.9 Å². The van der Waals surface area contributed by atoms with Crippen LogP contribution in [0.1, 0.15) is 39.7 Å².